The van der Waals surface area contributed by atoms with E-state index >= 15 is 0 Å². The minimum Gasteiger partial charge on any atom is -0.461 e. The minimum absolute atomic E-state index is 0.0829. The molecule has 3 aliphatic heterocycles. The first kappa shape index (κ1) is 32.1. The van der Waals surface area contributed by atoms with Crippen molar-refractivity contribution in [1.82, 2.24) is 5.32 Å². The first-order valence-electron chi connectivity index (χ1n) is 19.8. The van der Waals surface area contributed by atoms with Gasteiger partial charge in [0.05, 0.1) is 17.2 Å². The average molecular weight is 733 g/mol. The van der Waals surface area contributed by atoms with Crippen LogP contribution in [0.4, 0.5) is 0 Å². The summed E-state index contributed by atoms with van der Waals surface area (Å²) < 4.78 is 13.1. The van der Waals surface area contributed by atoms with Crippen LogP contribution < -0.4 is 14.8 Å². The van der Waals surface area contributed by atoms with E-state index in [0.29, 0.717) is 0 Å². The van der Waals surface area contributed by atoms with Gasteiger partial charge in [-0.3, -0.25) is 0 Å². The van der Waals surface area contributed by atoms with Crippen molar-refractivity contribution in [3.63, 3.8) is 0 Å². The van der Waals surface area contributed by atoms with Gasteiger partial charge in [-0.25, -0.2) is 4.99 Å². The highest BCUT2D eigenvalue weighted by Gasteiger charge is 2.51. The van der Waals surface area contributed by atoms with Crippen molar-refractivity contribution in [3.05, 3.63) is 238 Å². The summed E-state index contributed by atoms with van der Waals surface area (Å²) in [5.41, 5.74) is 14.6. The van der Waals surface area contributed by atoms with Gasteiger partial charge in [0.1, 0.15) is 28.8 Å². The quantitative estimate of drug-likeness (QED) is 0.196. The molecule has 0 saturated carbocycles. The zero-order valence-electron chi connectivity index (χ0n) is 31.0. The minimum atomic E-state index is -0.518. The Bertz CT molecular complexity index is 2890. The van der Waals surface area contributed by atoms with Gasteiger partial charge >= 0.3 is 0 Å². The van der Waals surface area contributed by atoms with E-state index in [0.717, 1.165) is 68.8 Å². The largest absolute Gasteiger partial charge is 0.461 e. The van der Waals surface area contributed by atoms with E-state index in [1.807, 2.05) is 12.1 Å². The molecule has 5 aliphatic rings. The van der Waals surface area contributed by atoms with Gasteiger partial charge in [0, 0.05) is 33.7 Å². The maximum atomic E-state index is 6.72. The fraction of sp³-hybridized carbons (Fsp3) is 0.0755. The number of benzene rings is 7. The highest BCUT2D eigenvalue weighted by Crippen LogP contribution is 2.62. The number of rotatable bonds is 4. The van der Waals surface area contributed by atoms with E-state index in [1.165, 1.54) is 39.0 Å². The molecule has 7 aromatic rings. The highest BCUT2D eigenvalue weighted by atomic mass is 16.5. The summed E-state index contributed by atoms with van der Waals surface area (Å²) in [4.78, 5) is 5.27. The number of para-hydroxylation sites is 2. The lowest BCUT2D eigenvalue weighted by molar-refractivity contribution is 0.423. The van der Waals surface area contributed by atoms with Gasteiger partial charge in [0.15, 0.2) is 0 Å². The van der Waals surface area contributed by atoms with Gasteiger partial charge in [-0.2, -0.15) is 0 Å². The van der Waals surface area contributed by atoms with Crippen molar-refractivity contribution in [2.45, 2.75) is 23.8 Å². The topological polar surface area (TPSA) is 42.8 Å². The highest BCUT2D eigenvalue weighted by molar-refractivity contribution is 6.04. The molecule has 12 rings (SSSR count). The van der Waals surface area contributed by atoms with Crippen molar-refractivity contribution >= 4 is 11.5 Å². The van der Waals surface area contributed by atoms with Crippen LogP contribution in [0.5, 0.6) is 17.2 Å². The molecule has 0 bridgehead atoms. The van der Waals surface area contributed by atoms with E-state index < -0.39 is 5.41 Å². The van der Waals surface area contributed by atoms with E-state index in [9.17, 15) is 0 Å². The van der Waals surface area contributed by atoms with Crippen molar-refractivity contribution in [3.8, 4) is 39.5 Å². The van der Waals surface area contributed by atoms with E-state index in [2.05, 4.69) is 181 Å². The fourth-order valence-electron chi connectivity index (χ4n) is 9.79. The third-order valence-corrected chi connectivity index (χ3v) is 12.4. The fourth-order valence-corrected chi connectivity index (χ4v) is 9.79. The number of ether oxygens (including phenoxy) is 2. The predicted molar refractivity (Wildman–Crippen MR) is 228 cm³/mol. The summed E-state index contributed by atoms with van der Waals surface area (Å²) in [6.07, 6.45) is 7.75. The number of amidine groups is 1. The van der Waals surface area contributed by atoms with Crippen LogP contribution in [-0.4, -0.2) is 11.9 Å². The van der Waals surface area contributed by atoms with Gasteiger partial charge in [0.2, 0.25) is 0 Å². The zero-order chi connectivity index (χ0) is 37.5. The second-order valence-electron chi connectivity index (χ2n) is 15.4. The van der Waals surface area contributed by atoms with Gasteiger partial charge in [-0.15, -0.1) is 0 Å². The zero-order valence-corrected chi connectivity index (χ0v) is 31.0. The number of hydrogen-bond acceptors (Lipinski definition) is 4. The van der Waals surface area contributed by atoms with Crippen LogP contribution in [-0.2, 0) is 5.41 Å². The van der Waals surface area contributed by atoms with Crippen molar-refractivity contribution in [2.75, 3.05) is 0 Å². The van der Waals surface area contributed by atoms with Gasteiger partial charge in [-0.1, -0.05) is 146 Å². The van der Waals surface area contributed by atoms with Crippen LogP contribution >= 0.6 is 0 Å². The lowest BCUT2D eigenvalue weighted by Gasteiger charge is -2.39. The molecule has 0 aromatic heterocycles. The third-order valence-electron chi connectivity index (χ3n) is 12.4. The summed E-state index contributed by atoms with van der Waals surface area (Å²) in [6.45, 7) is 0. The maximum Gasteiger partial charge on any atom is 0.134 e. The van der Waals surface area contributed by atoms with E-state index in [1.54, 1.807) is 0 Å². The molecule has 0 amide bonds. The summed E-state index contributed by atoms with van der Waals surface area (Å²) in [6, 6.07) is 60.5. The Balaban J connectivity index is 0.971. The lowest BCUT2D eigenvalue weighted by Crippen LogP contribution is -2.38. The standard InChI is InChI=1S/C53H36N2O2/c1-2-13-33(14-3-1)52-54-46(32-47(55-52)37-25-27-41-40-19-6-10-23-48(40)56-51(41)31-37)36-16-12-15-34(29-36)35-26-28-50-45(30-35)53(44-22-9-11-24-49(44)57-50)42-20-7-4-17-38(42)39-18-5-8-21-43(39)53/h1-26,28-32,41,47H,27H2,(H,54,55). The van der Waals surface area contributed by atoms with Crippen LogP contribution in [0.2, 0.25) is 0 Å². The predicted octanol–water partition coefficient (Wildman–Crippen LogP) is 12.0. The summed E-state index contributed by atoms with van der Waals surface area (Å²) in [5.74, 6) is 4.87. The average Bonchev–Trinajstić information content (AvgIpc) is 3.80. The molecule has 1 spiro atoms. The Labute approximate surface area is 331 Å². The molecule has 2 aliphatic carbocycles. The van der Waals surface area contributed by atoms with Gasteiger partial charge in [0.25, 0.3) is 0 Å². The summed E-state index contributed by atoms with van der Waals surface area (Å²) in [5, 5.41) is 3.76. The Morgan fingerprint density at radius 2 is 1.18 bits per heavy atom. The molecule has 0 radical (unpaired) electrons. The maximum absolute atomic E-state index is 6.72. The van der Waals surface area contributed by atoms with E-state index in [4.69, 9.17) is 14.5 Å². The molecule has 0 fully saturated rings. The van der Waals surface area contributed by atoms with Crippen molar-refractivity contribution in [1.29, 1.82) is 0 Å². The number of nitrogens with one attached hydrogen (secondary N) is 1. The number of nitrogens with zero attached hydrogens (tertiary/aromatic N) is 1. The molecule has 4 heteroatoms. The summed E-state index contributed by atoms with van der Waals surface area (Å²) >= 11 is 0. The Morgan fingerprint density at radius 1 is 0.526 bits per heavy atom. The Kier molecular flexibility index (Phi) is 7.00. The Hall–Kier alpha value is -7.17. The third kappa shape index (κ3) is 4.83. The molecule has 270 valence electrons. The SMILES string of the molecule is C1=C(c2cccc(-c3ccc4c(c3)C3(c5ccccc5O4)c4ccccc4-c4ccccc43)c2)N=C(c2ccccc2)NC1C1=CCC2C(=C1)Oc1ccccc12. The first-order chi connectivity index (χ1) is 28.2. The second kappa shape index (κ2) is 12.4. The molecule has 1 N–H and O–H groups in total. The monoisotopic (exact) mass is 732 g/mol. The molecule has 4 nitrogen and oxygen atoms in total. The summed E-state index contributed by atoms with van der Waals surface area (Å²) in [7, 11) is 0. The van der Waals surface area contributed by atoms with Gasteiger partial charge < -0.3 is 14.8 Å². The van der Waals surface area contributed by atoms with Crippen LogP contribution in [0.15, 0.2) is 204 Å². The number of hydrogen-bond donors (Lipinski definition) is 1. The molecule has 3 heterocycles. The van der Waals surface area contributed by atoms with Crippen LogP contribution in [0.25, 0.3) is 28.0 Å². The van der Waals surface area contributed by atoms with Crippen molar-refractivity contribution < 1.29 is 9.47 Å². The number of allylic oxidation sites excluding steroid dienone is 2. The molecular formula is C53H36N2O2. The van der Waals surface area contributed by atoms with Crippen LogP contribution in [0, 0.1) is 0 Å². The second-order valence-corrected chi connectivity index (χ2v) is 15.4. The van der Waals surface area contributed by atoms with E-state index in [-0.39, 0.29) is 12.0 Å². The first-order valence-corrected chi connectivity index (χ1v) is 19.8. The molecule has 2 atom stereocenters. The number of aliphatic imine (C=N–C) groups is 1. The van der Waals surface area contributed by atoms with Crippen molar-refractivity contribution in [2.24, 2.45) is 4.99 Å². The molecular weight excluding hydrogens is 697 g/mol. The van der Waals surface area contributed by atoms with Crippen LogP contribution in [0.3, 0.4) is 0 Å². The molecule has 0 saturated heterocycles. The molecule has 57 heavy (non-hydrogen) atoms. The molecule has 7 aromatic carbocycles. The van der Waals surface area contributed by atoms with Gasteiger partial charge in [-0.05, 0) is 87.9 Å². The molecule has 2 unspecified atom stereocenters. The lowest BCUT2D eigenvalue weighted by atomic mass is 9.66. The number of fused-ring (bicyclic) bond motifs is 12. The smallest absolute Gasteiger partial charge is 0.134 e. The normalized spacial score (nSPS) is 18.7. The Morgan fingerprint density at radius 3 is 2.00 bits per heavy atom. The van der Waals surface area contributed by atoms with Crippen LogP contribution in [0.1, 0.15) is 51.3 Å².